The van der Waals surface area contributed by atoms with Crippen LogP contribution < -0.4 is 10.6 Å². The molecule has 1 aromatic carbocycles. The number of amides is 2. The van der Waals surface area contributed by atoms with E-state index in [4.69, 9.17) is 0 Å². The summed E-state index contributed by atoms with van der Waals surface area (Å²) in [6, 6.07) is 3.16. The van der Waals surface area contributed by atoms with Crippen LogP contribution >= 0.6 is 11.3 Å². The summed E-state index contributed by atoms with van der Waals surface area (Å²) in [7, 11) is 1.68. The number of aromatic nitrogens is 1. The summed E-state index contributed by atoms with van der Waals surface area (Å²) in [5.74, 6) is -0.321. The van der Waals surface area contributed by atoms with Crippen molar-refractivity contribution in [2.75, 3.05) is 18.9 Å². The summed E-state index contributed by atoms with van der Waals surface area (Å²) in [5, 5.41) is 6.76. The Labute approximate surface area is 144 Å². The van der Waals surface area contributed by atoms with Gasteiger partial charge in [-0.25, -0.2) is 14.2 Å². The van der Waals surface area contributed by atoms with Crippen LogP contribution in [0.15, 0.2) is 18.3 Å². The van der Waals surface area contributed by atoms with Gasteiger partial charge in [0.25, 0.3) is 0 Å². The number of hydrogen-bond donors (Lipinski definition) is 2. The second-order valence-corrected chi connectivity index (χ2v) is 7.05. The Bertz CT molecular complexity index is 746. The Morgan fingerprint density at radius 1 is 1.50 bits per heavy atom. The van der Waals surface area contributed by atoms with Gasteiger partial charge in [-0.15, -0.1) is 11.3 Å². The number of urea groups is 1. The molecule has 2 aromatic rings. The maximum atomic E-state index is 14.6. The molecule has 0 aliphatic carbocycles. The van der Waals surface area contributed by atoms with E-state index in [9.17, 15) is 9.18 Å². The molecule has 0 saturated carbocycles. The zero-order valence-electron chi connectivity index (χ0n) is 13.9. The zero-order chi connectivity index (χ0) is 17.1. The predicted octanol–water partition coefficient (Wildman–Crippen LogP) is 3.15. The van der Waals surface area contributed by atoms with Crippen LogP contribution in [0.5, 0.6) is 0 Å². The van der Waals surface area contributed by atoms with Gasteiger partial charge in [-0.3, -0.25) is 0 Å². The van der Waals surface area contributed by atoms with Gasteiger partial charge in [0, 0.05) is 24.7 Å². The van der Waals surface area contributed by atoms with Gasteiger partial charge in [0.2, 0.25) is 0 Å². The van der Waals surface area contributed by atoms with Crippen molar-refractivity contribution in [1.82, 2.24) is 15.2 Å². The van der Waals surface area contributed by atoms with Crippen molar-refractivity contribution in [2.24, 2.45) is 0 Å². The fraction of sp³-hybridized carbons (Fsp3) is 0.412. The first-order valence-electron chi connectivity index (χ1n) is 8.05. The minimum atomic E-state index is -0.337. The van der Waals surface area contributed by atoms with E-state index in [1.165, 1.54) is 9.78 Å². The zero-order valence-corrected chi connectivity index (χ0v) is 14.7. The van der Waals surface area contributed by atoms with Crippen LogP contribution in [0.4, 0.5) is 14.9 Å². The van der Waals surface area contributed by atoms with Crippen LogP contribution in [0, 0.1) is 5.82 Å². The van der Waals surface area contributed by atoms with Crippen molar-refractivity contribution in [3.63, 3.8) is 0 Å². The van der Waals surface area contributed by atoms with Gasteiger partial charge in [-0.1, -0.05) is 13.0 Å². The van der Waals surface area contributed by atoms with Crippen LogP contribution in [0.2, 0.25) is 0 Å². The molecule has 2 heterocycles. The first-order valence-corrected chi connectivity index (χ1v) is 8.86. The van der Waals surface area contributed by atoms with E-state index in [1.54, 1.807) is 24.5 Å². The minimum absolute atomic E-state index is 0.237. The molecule has 1 aliphatic heterocycles. The van der Waals surface area contributed by atoms with Gasteiger partial charge >= 0.3 is 6.03 Å². The highest BCUT2D eigenvalue weighted by molar-refractivity contribution is 7.11. The van der Waals surface area contributed by atoms with Crippen molar-refractivity contribution in [3.05, 3.63) is 45.2 Å². The maximum Gasteiger partial charge on any atom is 0.322 e. The number of fused-ring (bicyclic) bond motifs is 1. The summed E-state index contributed by atoms with van der Waals surface area (Å²) >= 11 is 1.59. The average molecular weight is 348 g/mol. The number of rotatable bonds is 4. The SMILES string of the molecule is CCc1cnc(CN(C)C(=O)Nc2ccc3c(c2F)CCNC3)s1. The molecule has 0 spiro atoms. The number of hydrogen-bond acceptors (Lipinski definition) is 4. The van der Waals surface area contributed by atoms with Gasteiger partial charge in [0.15, 0.2) is 0 Å². The number of aryl methyl sites for hydroxylation is 1. The van der Waals surface area contributed by atoms with Gasteiger partial charge in [0.1, 0.15) is 10.8 Å². The molecule has 2 N–H and O–H groups in total. The quantitative estimate of drug-likeness (QED) is 0.892. The molecule has 0 fully saturated rings. The number of nitrogens with zero attached hydrogens (tertiary/aromatic N) is 2. The molecule has 1 aliphatic rings. The summed E-state index contributed by atoms with van der Waals surface area (Å²) in [6.07, 6.45) is 3.41. The normalized spacial score (nSPS) is 13.5. The van der Waals surface area contributed by atoms with Crippen LogP contribution in [0.3, 0.4) is 0 Å². The highest BCUT2D eigenvalue weighted by Gasteiger charge is 2.19. The van der Waals surface area contributed by atoms with Crippen LogP contribution in [0.1, 0.15) is 27.9 Å². The van der Waals surface area contributed by atoms with Gasteiger partial charge in [0.05, 0.1) is 12.2 Å². The number of thiazole rings is 1. The number of carbonyl (C=O) groups excluding carboxylic acids is 1. The second kappa shape index (κ2) is 7.27. The van der Waals surface area contributed by atoms with Crippen LogP contribution in [-0.2, 0) is 25.9 Å². The monoisotopic (exact) mass is 348 g/mol. The molecule has 2 amide bonds. The molecule has 0 radical (unpaired) electrons. The van der Waals surface area contributed by atoms with Crippen molar-refractivity contribution < 1.29 is 9.18 Å². The first-order chi connectivity index (χ1) is 11.6. The molecule has 0 saturated heterocycles. The standard InChI is InChI=1S/C17H21FN4OS/c1-3-12-9-20-15(24-12)10-22(2)17(23)21-14-5-4-11-8-19-7-6-13(11)16(14)18/h4-5,9,19H,3,6-8,10H2,1-2H3,(H,21,23). The molecule has 0 unspecified atom stereocenters. The smallest absolute Gasteiger partial charge is 0.321 e. The lowest BCUT2D eigenvalue weighted by molar-refractivity contribution is 0.220. The summed E-state index contributed by atoms with van der Waals surface area (Å²) in [6.45, 7) is 3.91. The second-order valence-electron chi connectivity index (χ2n) is 5.85. The third-order valence-corrected chi connectivity index (χ3v) is 5.24. The Morgan fingerprint density at radius 3 is 3.08 bits per heavy atom. The molecular formula is C17H21FN4OS. The number of carbonyl (C=O) groups is 1. The van der Waals surface area contributed by atoms with Gasteiger partial charge in [-0.2, -0.15) is 0 Å². The maximum absolute atomic E-state index is 14.6. The Kier molecular flexibility index (Phi) is 5.11. The number of nitrogens with one attached hydrogen (secondary N) is 2. The fourth-order valence-electron chi connectivity index (χ4n) is 2.70. The van der Waals surface area contributed by atoms with Crippen molar-refractivity contribution in [1.29, 1.82) is 0 Å². The van der Waals surface area contributed by atoms with E-state index in [-0.39, 0.29) is 17.5 Å². The molecule has 0 bridgehead atoms. The topological polar surface area (TPSA) is 57.3 Å². The van der Waals surface area contributed by atoms with Gasteiger partial charge in [-0.05, 0) is 36.6 Å². The summed E-state index contributed by atoms with van der Waals surface area (Å²) in [4.78, 5) is 19.3. The van der Waals surface area contributed by atoms with Crippen LogP contribution in [0.25, 0.3) is 0 Å². The molecular weight excluding hydrogens is 327 g/mol. The van der Waals surface area contributed by atoms with E-state index in [1.807, 2.05) is 12.3 Å². The lowest BCUT2D eigenvalue weighted by Crippen LogP contribution is -2.31. The first kappa shape index (κ1) is 16.9. The lowest BCUT2D eigenvalue weighted by atomic mass is 9.99. The van der Waals surface area contributed by atoms with E-state index >= 15 is 0 Å². The molecule has 0 atom stereocenters. The van der Waals surface area contributed by atoms with Crippen molar-refractivity contribution in [3.8, 4) is 0 Å². The Balaban J connectivity index is 1.67. The number of benzene rings is 1. The van der Waals surface area contributed by atoms with E-state index in [2.05, 4.69) is 22.5 Å². The molecule has 1 aromatic heterocycles. The highest BCUT2D eigenvalue weighted by Crippen LogP contribution is 2.25. The number of halogens is 1. The summed E-state index contributed by atoms with van der Waals surface area (Å²) in [5.41, 5.74) is 1.89. The predicted molar refractivity (Wildman–Crippen MR) is 93.8 cm³/mol. The van der Waals surface area contributed by atoms with Crippen molar-refractivity contribution in [2.45, 2.75) is 32.9 Å². The third kappa shape index (κ3) is 3.57. The Hall–Kier alpha value is -1.99. The average Bonchev–Trinajstić information content (AvgIpc) is 3.05. The van der Waals surface area contributed by atoms with E-state index in [0.29, 0.717) is 25.1 Å². The molecule has 5 nitrogen and oxygen atoms in total. The highest BCUT2D eigenvalue weighted by atomic mass is 32.1. The Morgan fingerprint density at radius 2 is 2.33 bits per heavy atom. The lowest BCUT2D eigenvalue weighted by Gasteiger charge is -2.21. The fourth-order valence-corrected chi connectivity index (χ4v) is 3.62. The minimum Gasteiger partial charge on any atom is -0.321 e. The van der Waals surface area contributed by atoms with E-state index in [0.717, 1.165) is 23.5 Å². The summed E-state index contributed by atoms with van der Waals surface area (Å²) < 4.78 is 14.6. The molecule has 128 valence electrons. The largest absolute Gasteiger partial charge is 0.322 e. The van der Waals surface area contributed by atoms with Crippen molar-refractivity contribution >= 4 is 23.1 Å². The third-order valence-electron chi connectivity index (χ3n) is 4.12. The number of anilines is 1. The molecule has 24 heavy (non-hydrogen) atoms. The van der Waals surface area contributed by atoms with Crippen LogP contribution in [-0.4, -0.2) is 29.5 Å². The van der Waals surface area contributed by atoms with E-state index < -0.39 is 0 Å². The molecule has 3 rings (SSSR count). The van der Waals surface area contributed by atoms with Gasteiger partial charge < -0.3 is 15.5 Å². The molecule has 7 heteroatoms.